The zero-order valence-corrected chi connectivity index (χ0v) is 7.55. The molecule has 0 aromatic carbocycles. The van der Waals surface area contributed by atoms with Crippen LogP contribution in [0.1, 0.15) is 6.42 Å². The van der Waals surface area contributed by atoms with Crippen molar-refractivity contribution >= 4 is 12.1 Å². The SMILES string of the molecule is COC(C=O)(CC(=O)C(F)(F)F)OC. The lowest BCUT2D eigenvalue weighted by molar-refractivity contribution is -0.211. The van der Waals surface area contributed by atoms with Crippen molar-refractivity contribution in [2.75, 3.05) is 14.2 Å². The van der Waals surface area contributed by atoms with E-state index in [0.29, 0.717) is 0 Å². The Kier molecular flexibility index (Phi) is 4.21. The van der Waals surface area contributed by atoms with Gasteiger partial charge in [0.1, 0.15) is 0 Å². The molecule has 0 spiro atoms. The number of rotatable bonds is 5. The Labute approximate surface area is 78.0 Å². The molecule has 0 amide bonds. The van der Waals surface area contributed by atoms with Gasteiger partial charge in [-0.3, -0.25) is 9.59 Å². The summed E-state index contributed by atoms with van der Waals surface area (Å²) < 4.78 is 44.2. The molecule has 0 aromatic rings. The molecule has 14 heavy (non-hydrogen) atoms. The summed E-state index contributed by atoms with van der Waals surface area (Å²) in [5, 5.41) is 0. The summed E-state index contributed by atoms with van der Waals surface area (Å²) in [7, 11) is 1.95. The zero-order valence-electron chi connectivity index (χ0n) is 7.55. The van der Waals surface area contributed by atoms with Crippen LogP contribution in [0.4, 0.5) is 13.2 Å². The number of ketones is 1. The molecule has 0 saturated carbocycles. The van der Waals surface area contributed by atoms with E-state index in [1.807, 2.05) is 0 Å². The minimum atomic E-state index is -4.99. The number of methoxy groups -OCH3 is 2. The number of Topliss-reactive ketones (excluding diaryl/α,β-unsaturated/α-hetero) is 1. The van der Waals surface area contributed by atoms with Gasteiger partial charge in [0.25, 0.3) is 0 Å². The Bertz CT molecular complexity index is 219. The van der Waals surface area contributed by atoms with E-state index in [1.165, 1.54) is 0 Å². The monoisotopic (exact) mass is 214 g/mol. The van der Waals surface area contributed by atoms with Gasteiger partial charge in [0.15, 0.2) is 6.29 Å². The molecule has 0 heterocycles. The molecule has 0 aliphatic rings. The van der Waals surface area contributed by atoms with Crippen molar-refractivity contribution in [1.29, 1.82) is 0 Å². The summed E-state index contributed by atoms with van der Waals surface area (Å²) in [5.41, 5.74) is 0. The molecular weight excluding hydrogens is 205 g/mol. The lowest BCUT2D eigenvalue weighted by Gasteiger charge is -2.23. The number of ether oxygens (including phenoxy) is 2. The van der Waals surface area contributed by atoms with Crippen molar-refractivity contribution in [3.8, 4) is 0 Å². The molecule has 0 aliphatic carbocycles. The van der Waals surface area contributed by atoms with E-state index in [2.05, 4.69) is 9.47 Å². The number of alkyl halides is 3. The molecule has 0 N–H and O–H groups in total. The molecule has 0 atom stereocenters. The van der Waals surface area contributed by atoms with Gasteiger partial charge in [-0.1, -0.05) is 0 Å². The second-order valence-electron chi connectivity index (χ2n) is 2.44. The van der Waals surface area contributed by atoms with Gasteiger partial charge in [0, 0.05) is 14.2 Å². The standard InChI is InChI=1S/C7H9F3O4/c1-13-6(4-11,14-2)3-5(12)7(8,9)10/h4H,3H2,1-2H3. The lowest BCUT2D eigenvalue weighted by atomic mass is 10.1. The first-order valence-corrected chi connectivity index (χ1v) is 3.48. The van der Waals surface area contributed by atoms with Crippen molar-refractivity contribution in [3.05, 3.63) is 0 Å². The van der Waals surface area contributed by atoms with Gasteiger partial charge in [-0.2, -0.15) is 13.2 Å². The third kappa shape index (κ3) is 3.08. The number of aldehydes is 1. The van der Waals surface area contributed by atoms with Crippen LogP contribution in [0.3, 0.4) is 0 Å². The fourth-order valence-electron chi connectivity index (χ4n) is 0.690. The summed E-state index contributed by atoms with van der Waals surface area (Å²) in [6.07, 6.45) is -6.17. The Morgan fingerprint density at radius 1 is 1.29 bits per heavy atom. The molecular formula is C7H9F3O4. The van der Waals surface area contributed by atoms with E-state index in [0.717, 1.165) is 14.2 Å². The first-order chi connectivity index (χ1) is 6.31. The van der Waals surface area contributed by atoms with Gasteiger partial charge in [0.05, 0.1) is 6.42 Å². The van der Waals surface area contributed by atoms with E-state index < -0.39 is 24.2 Å². The number of carbonyl (C=O) groups is 2. The summed E-state index contributed by atoms with van der Waals surface area (Å²) in [5.74, 6) is -4.22. The molecule has 0 unspecified atom stereocenters. The quantitative estimate of drug-likeness (QED) is 0.499. The largest absolute Gasteiger partial charge is 0.450 e. The first kappa shape index (κ1) is 13.1. The molecule has 0 fully saturated rings. The average Bonchev–Trinajstić information content (AvgIpc) is 2.12. The summed E-state index contributed by atoms with van der Waals surface area (Å²) in [6.45, 7) is 0. The van der Waals surface area contributed by atoms with Crippen LogP contribution in [-0.2, 0) is 19.1 Å². The van der Waals surface area contributed by atoms with Gasteiger partial charge >= 0.3 is 6.18 Å². The third-order valence-electron chi connectivity index (χ3n) is 1.59. The number of hydrogen-bond donors (Lipinski definition) is 0. The highest BCUT2D eigenvalue weighted by Gasteiger charge is 2.45. The molecule has 0 saturated heterocycles. The Balaban J connectivity index is 4.62. The molecule has 0 rings (SSSR count). The lowest BCUT2D eigenvalue weighted by Crippen LogP contribution is -2.41. The molecule has 82 valence electrons. The van der Waals surface area contributed by atoms with Crippen LogP contribution in [0.2, 0.25) is 0 Å². The second-order valence-corrected chi connectivity index (χ2v) is 2.44. The molecule has 0 aromatic heterocycles. The zero-order chi connectivity index (χ0) is 11.4. The van der Waals surface area contributed by atoms with Crippen molar-refractivity contribution in [2.45, 2.75) is 18.4 Å². The average molecular weight is 214 g/mol. The van der Waals surface area contributed by atoms with Crippen molar-refractivity contribution in [3.63, 3.8) is 0 Å². The Morgan fingerprint density at radius 2 is 1.71 bits per heavy atom. The van der Waals surface area contributed by atoms with E-state index in [1.54, 1.807) is 0 Å². The van der Waals surface area contributed by atoms with E-state index in [4.69, 9.17) is 0 Å². The van der Waals surface area contributed by atoms with Crippen LogP contribution in [0.5, 0.6) is 0 Å². The molecule has 0 bridgehead atoms. The van der Waals surface area contributed by atoms with E-state index >= 15 is 0 Å². The summed E-state index contributed by atoms with van der Waals surface area (Å²) in [6, 6.07) is 0. The Morgan fingerprint density at radius 3 is 1.93 bits per heavy atom. The van der Waals surface area contributed by atoms with Gasteiger partial charge in [0.2, 0.25) is 11.6 Å². The number of hydrogen-bond acceptors (Lipinski definition) is 4. The normalized spacial score (nSPS) is 12.6. The van der Waals surface area contributed by atoms with E-state index in [-0.39, 0.29) is 6.29 Å². The van der Waals surface area contributed by atoms with Crippen LogP contribution in [0.25, 0.3) is 0 Å². The summed E-state index contributed by atoms with van der Waals surface area (Å²) >= 11 is 0. The third-order valence-corrected chi connectivity index (χ3v) is 1.59. The Hall–Kier alpha value is -0.950. The maximum atomic E-state index is 11.8. The predicted octanol–water partition coefficient (Wildman–Crippen LogP) is 0.696. The van der Waals surface area contributed by atoms with Crippen molar-refractivity contribution in [2.24, 2.45) is 0 Å². The first-order valence-electron chi connectivity index (χ1n) is 3.48. The van der Waals surface area contributed by atoms with E-state index in [9.17, 15) is 22.8 Å². The fraction of sp³-hybridized carbons (Fsp3) is 0.714. The predicted molar refractivity (Wildman–Crippen MR) is 38.5 cm³/mol. The maximum absolute atomic E-state index is 11.8. The maximum Gasteiger partial charge on any atom is 0.450 e. The van der Waals surface area contributed by atoms with Crippen LogP contribution in [0.15, 0.2) is 0 Å². The minimum Gasteiger partial charge on any atom is -0.347 e. The highest BCUT2D eigenvalue weighted by molar-refractivity contribution is 5.87. The van der Waals surface area contributed by atoms with Crippen LogP contribution < -0.4 is 0 Å². The fourth-order valence-corrected chi connectivity index (χ4v) is 0.690. The summed E-state index contributed by atoms with van der Waals surface area (Å²) in [4.78, 5) is 20.9. The van der Waals surface area contributed by atoms with Gasteiger partial charge < -0.3 is 9.47 Å². The molecule has 0 aliphatic heterocycles. The smallest absolute Gasteiger partial charge is 0.347 e. The minimum absolute atomic E-state index is 0.0106. The molecule has 0 radical (unpaired) electrons. The molecule has 7 heteroatoms. The highest BCUT2D eigenvalue weighted by atomic mass is 19.4. The van der Waals surface area contributed by atoms with Crippen molar-refractivity contribution in [1.82, 2.24) is 0 Å². The topological polar surface area (TPSA) is 52.6 Å². The van der Waals surface area contributed by atoms with Crippen LogP contribution in [0, 0.1) is 0 Å². The van der Waals surface area contributed by atoms with Gasteiger partial charge in [-0.05, 0) is 0 Å². The van der Waals surface area contributed by atoms with Crippen LogP contribution in [-0.4, -0.2) is 38.3 Å². The van der Waals surface area contributed by atoms with Gasteiger partial charge in [-0.25, -0.2) is 0 Å². The van der Waals surface area contributed by atoms with Crippen LogP contribution >= 0.6 is 0 Å². The van der Waals surface area contributed by atoms with Crippen molar-refractivity contribution < 1.29 is 32.2 Å². The second kappa shape index (κ2) is 4.52. The van der Waals surface area contributed by atoms with Gasteiger partial charge in [-0.15, -0.1) is 0 Å². The molecule has 4 nitrogen and oxygen atoms in total. The highest BCUT2D eigenvalue weighted by Crippen LogP contribution is 2.23. The number of halogens is 3. The number of carbonyl (C=O) groups excluding carboxylic acids is 2.